The van der Waals surface area contributed by atoms with Crippen LogP contribution in [0, 0.1) is 0 Å². The molecule has 0 aliphatic carbocycles. The third kappa shape index (κ3) is 1.33. The summed E-state index contributed by atoms with van der Waals surface area (Å²) < 4.78 is 4.63. The van der Waals surface area contributed by atoms with Crippen LogP contribution in [-0.4, -0.2) is 62.8 Å². The van der Waals surface area contributed by atoms with E-state index in [2.05, 4.69) is 4.74 Å². The molecular weight excluding hydrogens is 168 g/mol. The molecule has 1 aliphatic rings. The zero-order chi connectivity index (χ0) is 9.35. The fraction of sp³-hybridized carbons (Fsp3) is 1.00. The Hall–Kier alpha value is -0.240. The molecule has 0 radical (unpaired) electrons. The van der Waals surface area contributed by atoms with Crippen molar-refractivity contribution < 1.29 is 30.3 Å². The second-order valence-electron chi connectivity index (χ2n) is 2.78. The molecule has 2 unspecified atom stereocenters. The number of hydrogen-bond donors (Lipinski definition) is 5. The van der Waals surface area contributed by atoms with E-state index < -0.39 is 37.3 Å². The van der Waals surface area contributed by atoms with E-state index in [9.17, 15) is 5.11 Å². The van der Waals surface area contributed by atoms with Crippen molar-refractivity contribution in [3.63, 3.8) is 0 Å². The molecule has 12 heavy (non-hydrogen) atoms. The minimum Gasteiger partial charge on any atom is -0.394 e. The molecule has 0 bridgehead atoms. The normalized spacial score (nSPS) is 48.2. The van der Waals surface area contributed by atoms with Gasteiger partial charge >= 0.3 is 0 Å². The minimum absolute atomic E-state index is 0.527. The van der Waals surface area contributed by atoms with Crippen molar-refractivity contribution in [3.05, 3.63) is 0 Å². The van der Waals surface area contributed by atoms with Crippen LogP contribution in [0.2, 0.25) is 0 Å². The highest BCUT2D eigenvalue weighted by molar-refractivity contribution is 4.94. The molecule has 1 aliphatic heterocycles. The fourth-order valence-electron chi connectivity index (χ4n) is 1.15. The van der Waals surface area contributed by atoms with Gasteiger partial charge in [0.05, 0.1) is 13.2 Å². The van der Waals surface area contributed by atoms with Crippen LogP contribution in [0.4, 0.5) is 0 Å². The Kier molecular flexibility index (Phi) is 2.67. The average Bonchev–Trinajstić information content (AvgIpc) is 2.31. The van der Waals surface area contributed by atoms with Crippen molar-refractivity contribution in [2.45, 2.75) is 24.1 Å². The van der Waals surface area contributed by atoms with E-state index in [1.807, 2.05) is 0 Å². The molecule has 0 saturated carbocycles. The lowest BCUT2D eigenvalue weighted by atomic mass is 10.1. The summed E-state index contributed by atoms with van der Waals surface area (Å²) in [6.45, 7) is -1.36. The van der Waals surface area contributed by atoms with Crippen molar-refractivity contribution in [1.29, 1.82) is 0 Å². The maximum Gasteiger partial charge on any atom is 0.219 e. The summed E-state index contributed by atoms with van der Waals surface area (Å²) in [6.07, 6.45) is -4.04. The summed E-state index contributed by atoms with van der Waals surface area (Å²) in [6, 6.07) is 0. The van der Waals surface area contributed by atoms with Crippen molar-refractivity contribution in [3.8, 4) is 0 Å². The first kappa shape index (κ1) is 9.85. The maximum absolute atomic E-state index is 9.25. The Labute approximate surface area is 68.6 Å². The number of aliphatic hydroxyl groups excluding tert-OH is 4. The van der Waals surface area contributed by atoms with E-state index in [-0.39, 0.29) is 0 Å². The third-order valence-electron chi connectivity index (χ3n) is 1.93. The lowest BCUT2D eigenvalue weighted by Gasteiger charge is -2.22. The molecule has 0 aromatic rings. The molecule has 6 nitrogen and oxygen atoms in total. The number of rotatable bonds is 2. The van der Waals surface area contributed by atoms with Crippen LogP contribution in [0.15, 0.2) is 0 Å². The van der Waals surface area contributed by atoms with Crippen molar-refractivity contribution in [2.24, 2.45) is 0 Å². The van der Waals surface area contributed by atoms with Gasteiger partial charge in [-0.25, -0.2) is 0 Å². The lowest BCUT2D eigenvalue weighted by Crippen LogP contribution is -2.46. The standard InChI is InChI=1S/C6H12O6/c7-1-3-4(9)5(10)6(11,2-8)12-3/h3-5,7-11H,1-2H2/t3?,4-,5-,6?/m1/s1. The van der Waals surface area contributed by atoms with Crippen LogP contribution in [-0.2, 0) is 4.74 Å². The first-order chi connectivity index (χ1) is 5.55. The summed E-state index contributed by atoms with van der Waals surface area (Å²) in [5.41, 5.74) is 0. The van der Waals surface area contributed by atoms with Crippen LogP contribution in [0.1, 0.15) is 0 Å². The molecule has 1 heterocycles. The average molecular weight is 180 g/mol. The quantitative estimate of drug-likeness (QED) is 0.306. The summed E-state index contributed by atoms with van der Waals surface area (Å²) in [5.74, 6) is -2.16. The van der Waals surface area contributed by atoms with E-state index >= 15 is 0 Å². The zero-order valence-corrected chi connectivity index (χ0v) is 6.29. The predicted octanol–water partition coefficient (Wildman–Crippen LogP) is -3.22. The van der Waals surface area contributed by atoms with Gasteiger partial charge in [-0.05, 0) is 0 Å². The largest absolute Gasteiger partial charge is 0.394 e. The summed E-state index contributed by atoms with van der Waals surface area (Å²) in [5, 5.41) is 44.7. The maximum atomic E-state index is 9.25. The van der Waals surface area contributed by atoms with Gasteiger partial charge in [0.1, 0.15) is 18.3 Å². The molecule has 6 heteroatoms. The van der Waals surface area contributed by atoms with E-state index in [4.69, 9.17) is 20.4 Å². The molecule has 72 valence electrons. The number of hydrogen-bond acceptors (Lipinski definition) is 6. The van der Waals surface area contributed by atoms with E-state index in [0.29, 0.717) is 0 Å². The van der Waals surface area contributed by atoms with E-state index in [1.165, 1.54) is 0 Å². The Morgan fingerprint density at radius 1 is 1.25 bits per heavy atom. The SMILES string of the molecule is OCC1OC(O)(CO)[C@H](O)[C@@H]1O. The summed E-state index contributed by atoms with van der Waals surface area (Å²) in [7, 11) is 0. The van der Waals surface area contributed by atoms with Gasteiger partial charge in [-0.1, -0.05) is 0 Å². The van der Waals surface area contributed by atoms with Crippen LogP contribution >= 0.6 is 0 Å². The molecule has 0 spiro atoms. The van der Waals surface area contributed by atoms with Gasteiger partial charge < -0.3 is 30.3 Å². The highest BCUT2D eigenvalue weighted by atomic mass is 16.7. The lowest BCUT2D eigenvalue weighted by molar-refractivity contribution is -0.248. The summed E-state index contributed by atoms with van der Waals surface area (Å²) >= 11 is 0. The summed E-state index contributed by atoms with van der Waals surface area (Å²) in [4.78, 5) is 0. The smallest absolute Gasteiger partial charge is 0.219 e. The Morgan fingerprint density at radius 2 is 1.83 bits per heavy atom. The van der Waals surface area contributed by atoms with Crippen LogP contribution < -0.4 is 0 Å². The molecule has 1 rings (SSSR count). The molecule has 0 aromatic carbocycles. The molecule has 4 atom stereocenters. The van der Waals surface area contributed by atoms with Gasteiger partial charge in [0.15, 0.2) is 0 Å². The fourth-order valence-corrected chi connectivity index (χ4v) is 1.15. The highest BCUT2D eigenvalue weighted by Gasteiger charge is 2.52. The first-order valence-electron chi connectivity index (χ1n) is 3.53. The van der Waals surface area contributed by atoms with Gasteiger partial charge in [-0.15, -0.1) is 0 Å². The van der Waals surface area contributed by atoms with Gasteiger partial charge in [-0.2, -0.15) is 0 Å². The Balaban J connectivity index is 2.72. The second kappa shape index (κ2) is 3.25. The predicted molar refractivity (Wildman–Crippen MR) is 36.0 cm³/mol. The number of aliphatic hydroxyl groups is 5. The molecule has 1 saturated heterocycles. The third-order valence-corrected chi connectivity index (χ3v) is 1.93. The molecule has 1 fully saturated rings. The molecular formula is C6H12O6. The molecule has 0 amide bonds. The van der Waals surface area contributed by atoms with Crippen LogP contribution in [0.3, 0.4) is 0 Å². The molecule has 0 aromatic heterocycles. The van der Waals surface area contributed by atoms with Crippen molar-refractivity contribution >= 4 is 0 Å². The zero-order valence-electron chi connectivity index (χ0n) is 6.29. The van der Waals surface area contributed by atoms with Gasteiger partial charge in [0.2, 0.25) is 5.79 Å². The highest BCUT2D eigenvalue weighted by Crippen LogP contribution is 2.28. The minimum atomic E-state index is -2.16. The monoisotopic (exact) mass is 180 g/mol. The van der Waals surface area contributed by atoms with Gasteiger partial charge in [0.25, 0.3) is 0 Å². The first-order valence-corrected chi connectivity index (χ1v) is 3.53. The second-order valence-corrected chi connectivity index (χ2v) is 2.78. The van der Waals surface area contributed by atoms with E-state index in [1.54, 1.807) is 0 Å². The topological polar surface area (TPSA) is 110 Å². The number of ether oxygens (including phenoxy) is 1. The van der Waals surface area contributed by atoms with Crippen LogP contribution in [0.5, 0.6) is 0 Å². The molecule has 5 N–H and O–H groups in total. The van der Waals surface area contributed by atoms with Crippen molar-refractivity contribution in [1.82, 2.24) is 0 Å². The van der Waals surface area contributed by atoms with Gasteiger partial charge in [-0.3, -0.25) is 0 Å². The van der Waals surface area contributed by atoms with E-state index in [0.717, 1.165) is 0 Å². The van der Waals surface area contributed by atoms with Crippen LogP contribution in [0.25, 0.3) is 0 Å². The van der Waals surface area contributed by atoms with Gasteiger partial charge in [0, 0.05) is 0 Å². The Morgan fingerprint density at radius 3 is 2.08 bits per heavy atom. The van der Waals surface area contributed by atoms with Crippen molar-refractivity contribution in [2.75, 3.05) is 13.2 Å². The Bertz CT molecular complexity index is 162.